The van der Waals surface area contributed by atoms with Crippen LogP contribution in [0.4, 0.5) is 5.82 Å². The molecular weight excluding hydrogens is 286 g/mol. The molecule has 0 amide bonds. The second-order valence-corrected chi connectivity index (χ2v) is 5.73. The molecule has 2 heterocycles. The number of aryl methyl sites for hydroxylation is 3. The average Bonchev–Trinajstić information content (AvgIpc) is 2.91. The van der Waals surface area contributed by atoms with Gasteiger partial charge in [0.15, 0.2) is 0 Å². The van der Waals surface area contributed by atoms with Crippen LogP contribution in [0.2, 0.25) is 0 Å². The van der Waals surface area contributed by atoms with Gasteiger partial charge in [0.05, 0.1) is 5.69 Å². The van der Waals surface area contributed by atoms with Crippen LogP contribution in [0.5, 0.6) is 0 Å². The minimum Gasteiger partial charge on any atom is -0.366 e. The van der Waals surface area contributed by atoms with Gasteiger partial charge in [-0.25, -0.2) is 9.97 Å². The van der Waals surface area contributed by atoms with E-state index in [2.05, 4.69) is 32.5 Å². The number of anilines is 1. The second kappa shape index (κ2) is 6.20. The maximum Gasteiger partial charge on any atom is 0.133 e. The fourth-order valence-corrected chi connectivity index (χ4v) is 2.63. The summed E-state index contributed by atoms with van der Waals surface area (Å²) in [5.74, 6) is 1.67. The summed E-state index contributed by atoms with van der Waals surface area (Å²) in [6, 6.07) is 10.2. The van der Waals surface area contributed by atoms with Gasteiger partial charge in [-0.2, -0.15) is 5.10 Å². The number of aromatic nitrogens is 4. The fraction of sp³-hybridized carbons (Fsp3) is 0.278. The van der Waals surface area contributed by atoms with Gasteiger partial charge in [0.25, 0.3) is 0 Å². The number of hydrogen-bond acceptors (Lipinski definition) is 4. The van der Waals surface area contributed by atoms with Crippen LogP contribution in [0.15, 0.2) is 36.5 Å². The first-order valence-electron chi connectivity index (χ1n) is 7.68. The molecule has 0 saturated carbocycles. The monoisotopic (exact) mass is 307 g/mol. The Labute approximate surface area is 136 Å². The van der Waals surface area contributed by atoms with E-state index in [0.717, 1.165) is 39.7 Å². The van der Waals surface area contributed by atoms with E-state index in [4.69, 9.17) is 0 Å². The molecule has 5 nitrogen and oxygen atoms in total. The van der Waals surface area contributed by atoms with Gasteiger partial charge in [0.2, 0.25) is 0 Å². The summed E-state index contributed by atoms with van der Waals surface area (Å²) in [4.78, 5) is 8.90. The van der Waals surface area contributed by atoms with E-state index in [9.17, 15) is 0 Å². The molecule has 2 aromatic heterocycles. The van der Waals surface area contributed by atoms with Crippen LogP contribution in [0.3, 0.4) is 0 Å². The predicted octanol–water partition coefficient (Wildman–Crippen LogP) is 3.41. The Hall–Kier alpha value is -2.69. The van der Waals surface area contributed by atoms with Crippen LogP contribution in [0, 0.1) is 20.8 Å². The molecular formula is C18H21N5. The molecule has 0 aliphatic heterocycles. The number of benzene rings is 1. The molecule has 1 N–H and O–H groups in total. The maximum atomic E-state index is 4.59. The van der Waals surface area contributed by atoms with Gasteiger partial charge in [-0.1, -0.05) is 30.3 Å². The van der Waals surface area contributed by atoms with Crippen molar-refractivity contribution in [3.8, 4) is 11.3 Å². The zero-order valence-electron chi connectivity index (χ0n) is 14.0. The van der Waals surface area contributed by atoms with Gasteiger partial charge in [-0.15, -0.1) is 0 Å². The Balaban J connectivity index is 1.88. The summed E-state index contributed by atoms with van der Waals surface area (Å²) in [7, 11) is 1.94. The molecule has 0 aliphatic carbocycles. The molecule has 0 aliphatic rings. The Kier molecular flexibility index (Phi) is 4.10. The SMILES string of the molecule is Cc1nc(C)c(C)c(NCc2cn(C)nc2-c2ccccc2)n1. The molecule has 118 valence electrons. The zero-order valence-corrected chi connectivity index (χ0v) is 14.0. The molecule has 0 fully saturated rings. The average molecular weight is 307 g/mol. The van der Waals surface area contributed by atoms with Crippen molar-refractivity contribution in [2.24, 2.45) is 7.05 Å². The lowest BCUT2D eigenvalue weighted by molar-refractivity contribution is 0.770. The minimum atomic E-state index is 0.675. The molecule has 1 aromatic carbocycles. The summed E-state index contributed by atoms with van der Waals surface area (Å²) >= 11 is 0. The third-order valence-corrected chi connectivity index (χ3v) is 3.90. The standard InChI is InChI=1S/C18H21N5/c1-12-13(2)20-14(3)21-18(12)19-10-16-11-23(4)22-17(16)15-8-6-5-7-9-15/h5-9,11H,10H2,1-4H3,(H,19,20,21). The molecule has 3 aromatic rings. The summed E-state index contributed by atoms with van der Waals surface area (Å²) in [6.07, 6.45) is 2.05. The van der Waals surface area contributed by atoms with Gasteiger partial charge < -0.3 is 5.32 Å². The quantitative estimate of drug-likeness (QED) is 0.802. The molecule has 0 saturated heterocycles. The van der Waals surface area contributed by atoms with E-state index >= 15 is 0 Å². The van der Waals surface area contributed by atoms with E-state index in [-0.39, 0.29) is 0 Å². The van der Waals surface area contributed by atoms with Crippen molar-refractivity contribution >= 4 is 5.82 Å². The summed E-state index contributed by atoms with van der Waals surface area (Å²) in [5.41, 5.74) is 5.36. The molecule has 0 unspecified atom stereocenters. The third kappa shape index (κ3) is 3.23. The van der Waals surface area contributed by atoms with Gasteiger partial charge >= 0.3 is 0 Å². The first kappa shape index (κ1) is 15.2. The molecule has 0 atom stereocenters. The van der Waals surface area contributed by atoms with Crippen LogP contribution in [0.1, 0.15) is 22.6 Å². The summed E-state index contributed by atoms with van der Waals surface area (Å²) < 4.78 is 1.85. The zero-order chi connectivity index (χ0) is 16.4. The van der Waals surface area contributed by atoms with Crippen LogP contribution >= 0.6 is 0 Å². The van der Waals surface area contributed by atoms with Crippen molar-refractivity contribution in [1.29, 1.82) is 0 Å². The minimum absolute atomic E-state index is 0.675. The normalized spacial score (nSPS) is 10.8. The molecule has 5 heteroatoms. The van der Waals surface area contributed by atoms with Gasteiger partial charge in [0, 0.05) is 42.2 Å². The largest absolute Gasteiger partial charge is 0.366 e. The second-order valence-electron chi connectivity index (χ2n) is 5.73. The van der Waals surface area contributed by atoms with Crippen molar-refractivity contribution in [1.82, 2.24) is 19.7 Å². The number of nitrogens with zero attached hydrogens (tertiary/aromatic N) is 4. The van der Waals surface area contributed by atoms with Crippen molar-refractivity contribution in [2.45, 2.75) is 27.3 Å². The van der Waals surface area contributed by atoms with E-state index in [0.29, 0.717) is 6.54 Å². The first-order valence-corrected chi connectivity index (χ1v) is 7.68. The van der Waals surface area contributed by atoms with E-state index in [1.165, 1.54) is 0 Å². The van der Waals surface area contributed by atoms with Crippen molar-refractivity contribution in [2.75, 3.05) is 5.32 Å². The summed E-state index contributed by atoms with van der Waals surface area (Å²) in [6.45, 7) is 6.64. The molecule has 3 rings (SSSR count). The topological polar surface area (TPSA) is 55.6 Å². The van der Waals surface area contributed by atoms with Gasteiger partial charge in [-0.3, -0.25) is 4.68 Å². The maximum absolute atomic E-state index is 4.59. The highest BCUT2D eigenvalue weighted by molar-refractivity contribution is 5.63. The van der Waals surface area contributed by atoms with Crippen molar-refractivity contribution < 1.29 is 0 Å². The van der Waals surface area contributed by atoms with Gasteiger partial charge in [0.1, 0.15) is 11.6 Å². The summed E-state index contributed by atoms with van der Waals surface area (Å²) in [5, 5.41) is 8.02. The Bertz CT molecular complexity index is 821. The number of rotatable bonds is 4. The highest BCUT2D eigenvalue weighted by Crippen LogP contribution is 2.23. The number of nitrogens with one attached hydrogen (secondary N) is 1. The Morgan fingerprint density at radius 2 is 1.78 bits per heavy atom. The van der Waals surface area contributed by atoms with Crippen LogP contribution in [-0.2, 0) is 13.6 Å². The van der Waals surface area contributed by atoms with Crippen LogP contribution in [0.25, 0.3) is 11.3 Å². The molecule has 0 bridgehead atoms. The van der Waals surface area contributed by atoms with E-state index in [1.54, 1.807) is 0 Å². The van der Waals surface area contributed by atoms with Crippen molar-refractivity contribution in [3.05, 3.63) is 59.2 Å². The van der Waals surface area contributed by atoms with E-state index < -0.39 is 0 Å². The predicted molar refractivity (Wildman–Crippen MR) is 92.2 cm³/mol. The van der Waals surface area contributed by atoms with E-state index in [1.807, 2.05) is 56.9 Å². The number of hydrogen-bond donors (Lipinski definition) is 1. The third-order valence-electron chi connectivity index (χ3n) is 3.90. The smallest absolute Gasteiger partial charge is 0.133 e. The highest BCUT2D eigenvalue weighted by Gasteiger charge is 2.11. The lowest BCUT2D eigenvalue weighted by Crippen LogP contribution is -2.07. The van der Waals surface area contributed by atoms with Crippen molar-refractivity contribution in [3.63, 3.8) is 0 Å². The Morgan fingerprint density at radius 3 is 2.52 bits per heavy atom. The van der Waals surface area contributed by atoms with Gasteiger partial charge in [-0.05, 0) is 20.8 Å². The van der Waals surface area contributed by atoms with Crippen LogP contribution < -0.4 is 5.32 Å². The lowest BCUT2D eigenvalue weighted by Gasteiger charge is -2.11. The molecule has 0 spiro atoms. The highest BCUT2D eigenvalue weighted by atomic mass is 15.3. The molecule has 23 heavy (non-hydrogen) atoms. The van der Waals surface area contributed by atoms with Crippen LogP contribution in [-0.4, -0.2) is 19.7 Å². The molecule has 0 radical (unpaired) electrons. The fourth-order valence-electron chi connectivity index (χ4n) is 2.63. The Morgan fingerprint density at radius 1 is 1.04 bits per heavy atom. The lowest BCUT2D eigenvalue weighted by atomic mass is 10.1. The first-order chi connectivity index (χ1) is 11.0.